The van der Waals surface area contributed by atoms with Gasteiger partial charge >= 0.3 is 0 Å². The second-order valence-electron chi connectivity index (χ2n) is 18.3. The molecule has 0 fully saturated rings. The third-order valence-corrected chi connectivity index (χ3v) is 14.7. The minimum Gasteiger partial charge on any atom is -0.309 e. The summed E-state index contributed by atoms with van der Waals surface area (Å²) in [7, 11) is 0. The Hall–Kier alpha value is -8.99. The lowest BCUT2D eigenvalue weighted by molar-refractivity contribution is 0.859. The van der Waals surface area contributed by atoms with Gasteiger partial charge in [-0.05, 0) is 125 Å². The minimum atomic E-state index is -0.634. The van der Waals surface area contributed by atoms with E-state index in [4.69, 9.17) is 15.0 Å². The molecule has 4 heteroatoms. The lowest BCUT2D eigenvalue weighted by atomic mass is 9.66. The van der Waals surface area contributed by atoms with Crippen molar-refractivity contribution in [1.82, 2.24) is 19.5 Å². The highest BCUT2D eigenvalue weighted by molar-refractivity contribution is 6.26. The molecule has 15 rings (SSSR count). The summed E-state index contributed by atoms with van der Waals surface area (Å²) in [6, 6.07) is 77.0. The Balaban J connectivity index is 1.03. The van der Waals surface area contributed by atoms with Crippen LogP contribution in [0.2, 0.25) is 0 Å². The Morgan fingerprint density at radius 2 is 0.838 bits per heavy atom. The molecule has 0 aliphatic heterocycles. The van der Waals surface area contributed by atoms with E-state index in [1.54, 1.807) is 0 Å². The maximum atomic E-state index is 5.29. The average molecular weight is 863 g/mol. The van der Waals surface area contributed by atoms with Gasteiger partial charge in [0.2, 0.25) is 0 Å². The van der Waals surface area contributed by atoms with Crippen molar-refractivity contribution in [3.8, 4) is 39.6 Å². The van der Waals surface area contributed by atoms with Crippen LogP contribution in [0.5, 0.6) is 0 Å². The average Bonchev–Trinajstić information content (AvgIpc) is 4.04. The van der Waals surface area contributed by atoms with Gasteiger partial charge in [0.1, 0.15) is 0 Å². The molecule has 4 nitrogen and oxygen atoms in total. The van der Waals surface area contributed by atoms with Crippen LogP contribution in [-0.4, -0.2) is 19.5 Å². The fourth-order valence-electron chi connectivity index (χ4n) is 11.9. The van der Waals surface area contributed by atoms with Crippen molar-refractivity contribution in [1.29, 1.82) is 0 Å². The molecule has 0 saturated heterocycles. The third kappa shape index (κ3) is 5.17. The van der Waals surface area contributed by atoms with Crippen molar-refractivity contribution in [3.63, 3.8) is 0 Å². The number of benzene rings is 10. The standard InChI is InChI=1S/C64H38N4/c1-3-17-39(18-4-1)61-65-62(40-19-5-2-6-20-40)67-63(66-61)43-34-42-33-41-35-53-45-21-7-8-22-46(45)54-36-44(68-58-29-15-11-25-50(58)51-26-12-16-30-59(51)68)31-32-47(54)55(53)37-52(41)60(42)64(38-43)56-27-13-9-23-48(56)49-24-10-14-28-57(49)64/h1-38H. The number of aromatic nitrogens is 4. The largest absolute Gasteiger partial charge is 0.309 e. The molecule has 3 aliphatic carbocycles. The van der Waals surface area contributed by atoms with E-state index < -0.39 is 5.41 Å². The van der Waals surface area contributed by atoms with Crippen LogP contribution in [0, 0.1) is 0 Å². The zero-order chi connectivity index (χ0) is 44.5. The van der Waals surface area contributed by atoms with Gasteiger partial charge in [-0.15, -0.1) is 0 Å². The van der Waals surface area contributed by atoms with E-state index in [0.717, 1.165) is 22.4 Å². The predicted octanol–water partition coefficient (Wildman–Crippen LogP) is 13.7. The molecule has 12 aromatic rings. The summed E-state index contributed by atoms with van der Waals surface area (Å²) < 4.78 is 2.43. The third-order valence-electron chi connectivity index (χ3n) is 14.7. The lowest BCUT2D eigenvalue weighted by Crippen LogP contribution is -2.34. The zero-order valence-electron chi connectivity index (χ0n) is 36.7. The van der Waals surface area contributed by atoms with E-state index >= 15 is 0 Å². The van der Waals surface area contributed by atoms with E-state index in [1.165, 1.54) is 98.0 Å². The number of hydrogen-bond donors (Lipinski definition) is 0. The van der Waals surface area contributed by atoms with E-state index in [1.807, 2.05) is 36.4 Å². The van der Waals surface area contributed by atoms with Crippen molar-refractivity contribution < 1.29 is 0 Å². The molecule has 0 bridgehead atoms. The van der Waals surface area contributed by atoms with Crippen LogP contribution in [0.3, 0.4) is 0 Å². The Labute approximate surface area is 391 Å². The molecule has 1 spiro atoms. The van der Waals surface area contributed by atoms with E-state index in [0.29, 0.717) is 17.5 Å². The van der Waals surface area contributed by atoms with Gasteiger partial charge < -0.3 is 4.57 Å². The molecular formula is C64H38N4. The quantitative estimate of drug-likeness (QED) is 0.166. The monoisotopic (exact) mass is 862 g/mol. The Kier molecular flexibility index (Phi) is 7.67. The molecule has 2 heterocycles. The number of nitrogens with zero attached hydrogens (tertiary/aromatic N) is 4. The molecule has 10 aromatic carbocycles. The van der Waals surface area contributed by atoms with Crippen LogP contribution in [0.4, 0.5) is 0 Å². The molecule has 0 saturated carbocycles. The summed E-state index contributed by atoms with van der Waals surface area (Å²) in [5, 5.41) is 12.5. The summed E-state index contributed by atoms with van der Waals surface area (Å²) in [4.78, 5) is 15.7. The number of rotatable bonds is 4. The smallest absolute Gasteiger partial charge is 0.164 e. The molecule has 0 atom stereocenters. The maximum Gasteiger partial charge on any atom is 0.164 e. The molecule has 0 N–H and O–H groups in total. The summed E-state index contributed by atoms with van der Waals surface area (Å²) in [6.45, 7) is 0. The Morgan fingerprint density at radius 1 is 0.353 bits per heavy atom. The first-order chi connectivity index (χ1) is 33.7. The van der Waals surface area contributed by atoms with Crippen LogP contribution in [0.25, 0.3) is 111 Å². The van der Waals surface area contributed by atoms with E-state index in [9.17, 15) is 0 Å². The molecule has 0 unspecified atom stereocenters. The summed E-state index contributed by atoms with van der Waals surface area (Å²) in [6.07, 6.45) is 7.19. The van der Waals surface area contributed by atoms with Crippen molar-refractivity contribution in [2.24, 2.45) is 0 Å². The fourth-order valence-corrected chi connectivity index (χ4v) is 11.9. The molecule has 314 valence electrons. The molecule has 3 aliphatic rings. The van der Waals surface area contributed by atoms with Gasteiger partial charge in [0.05, 0.1) is 16.4 Å². The van der Waals surface area contributed by atoms with Crippen LogP contribution in [0.1, 0.15) is 17.0 Å². The first-order valence-electron chi connectivity index (χ1n) is 23.3. The first kappa shape index (κ1) is 37.3. The summed E-state index contributed by atoms with van der Waals surface area (Å²) in [5.74, 6) is 1.95. The van der Waals surface area contributed by atoms with Crippen LogP contribution in [-0.2, 0) is 5.41 Å². The normalized spacial score (nSPS) is 14.3. The first-order valence-corrected chi connectivity index (χ1v) is 23.3. The van der Waals surface area contributed by atoms with E-state index in [2.05, 4.69) is 199 Å². The van der Waals surface area contributed by atoms with Gasteiger partial charge in [0.15, 0.2) is 17.5 Å². The Bertz CT molecular complexity index is 4210. The van der Waals surface area contributed by atoms with Gasteiger partial charge in [-0.3, -0.25) is 0 Å². The van der Waals surface area contributed by atoms with E-state index in [-0.39, 0.29) is 0 Å². The topological polar surface area (TPSA) is 43.6 Å². The highest BCUT2D eigenvalue weighted by Crippen LogP contribution is 2.58. The summed E-state index contributed by atoms with van der Waals surface area (Å²) >= 11 is 0. The zero-order valence-corrected chi connectivity index (χ0v) is 36.7. The van der Waals surface area contributed by atoms with Crippen molar-refractivity contribution in [2.75, 3.05) is 0 Å². The van der Waals surface area contributed by atoms with Crippen LogP contribution < -0.4 is 10.4 Å². The van der Waals surface area contributed by atoms with Gasteiger partial charge in [-0.2, -0.15) is 0 Å². The van der Waals surface area contributed by atoms with Gasteiger partial charge in [-0.1, -0.05) is 182 Å². The van der Waals surface area contributed by atoms with Gasteiger partial charge in [0, 0.05) is 33.2 Å². The Morgan fingerprint density at radius 3 is 1.46 bits per heavy atom. The predicted molar refractivity (Wildman–Crippen MR) is 280 cm³/mol. The minimum absolute atomic E-state index is 0.634. The number of fused-ring (bicyclic) bond motifs is 17. The molecule has 2 aromatic heterocycles. The number of allylic oxidation sites excluding steroid dienone is 4. The second kappa shape index (κ2) is 14.0. The van der Waals surface area contributed by atoms with Gasteiger partial charge in [-0.25, -0.2) is 15.0 Å². The van der Waals surface area contributed by atoms with Crippen molar-refractivity contribution >= 4 is 71.3 Å². The molecule has 0 radical (unpaired) electrons. The van der Waals surface area contributed by atoms with Crippen molar-refractivity contribution in [2.45, 2.75) is 5.41 Å². The highest BCUT2D eigenvalue weighted by atomic mass is 15.0. The molecule has 68 heavy (non-hydrogen) atoms. The summed E-state index contributed by atoms with van der Waals surface area (Å²) in [5.41, 5.74) is 13.3. The molecule has 0 amide bonds. The van der Waals surface area contributed by atoms with Crippen LogP contribution >= 0.6 is 0 Å². The van der Waals surface area contributed by atoms with Crippen molar-refractivity contribution in [3.05, 3.63) is 257 Å². The van der Waals surface area contributed by atoms with Crippen LogP contribution in [0.15, 0.2) is 230 Å². The SMILES string of the molecule is C1=C2C=c3cc4c5ccccc5c5cc(-n6c7ccccc7c7ccccc76)ccc5c4cc3=C2C2(C=C1c1nc(-c3ccccc3)nc(-c3ccccc3)n1)c1ccccc1-c1ccccc12. The number of para-hydroxylation sites is 2. The molecular weight excluding hydrogens is 825 g/mol. The maximum absolute atomic E-state index is 5.29. The lowest BCUT2D eigenvalue weighted by Gasteiger charge is -2.35. The van der Waals surface area contributed by atoms with Gasteiger partial charge in [0.25, 0.3) is 0 Å². The highest BCUT2D eigenvalue weighted by Gasteiger charge is 2.48. The fraction of sp³-hybridized carbons (Fsp3) is 0.0156. The number of hydrogen-bond acceptors (Lipinski definition) is 3. The second-order valence-corrected chi connectivity index (χ2v) is 18.3.